The molecule has 0 radical (unpaired) electrons. The summed E-state index contributed by atoms with van der Waals surface area (Å²) in [6.07, 6.45) is -0.676. The van der Waals surface area contributed by atoms with Crippen molar-refractivity contribution in [2.45, 2.75) is 67.4 Å². The van der Waals surface area contributed by atoms with Crippen molar-refractivity contribution in [3.05, 3.63) is 0 Å². The van der Waals surface area contributed by atoms with Gasteiger partial charge in [0.1, 0.15) is 17.7 Å². The van der Waals surface area contributed by atoms with E-state index in [1.165, 1.54) is 5.48 Å². The summed E-state index contributed by atoms with van der Waals surface area (Å²) in [5, 5.41) is 18.9. The molecule has 0 aromatic carbocycles. The normalized spacial score (nSPS) is 27.6. The zero-order valence-electron chi connectivity index (χ0n) is 16.4. The quantitative estimate of drug-likeness (QED) is 0.530. The number of hydrogen-bond acceptors (Lipinski definition) is 5. The predicted molar refractivity (Wildman–Crippen MR) is 93.7 cm³/mol. The molecule has 0 aromatic heterocycles. The van der Waals surface area contributed by atoms with Crippen LogP contribution in [0.3, 0.4) is 0 Å². The summed E-state index contributed by atoms with van der Waals surface area (Å²) in [7, 11) is 0. The first-order valence-electron chi connectivity index (χ1n) is 8.91. The van der Waals surface area contributed by atoms with E-state index in [1.54, 1.807) is 0 Å². The molecule has 1 fully saturated rings. The van der Waals surface area contributed by atoms with Gasteiger partial charge in [-0.25, -0.2) is 5.48 Å². The molecule has 1 amide bonds. The van der Waals surface area contributed by atoms with Gasteiger partial charge in [-0.3, -0.25) is 19.6 Å². The summed E-state index contributed by atoms with van der Waals surface area (Å²) in [6, 6.07) is 0. The summed E-state index contributed by atoms with van der Waals surface area (Å²) in [5.74, 6) is -3.07. The number of aliphatic hydroxyl groups is 1. The molecule has 1 aliphatic carbocycles. The Balaban J connectivity index is 3.28. The predicted octanol–water partition coefficient (Wildman–Crippen LogP) is 2.36. The van der Waals surface area contributed by atoms with E-state index >= 15 is 0 Å². The molecule has 0 bridgehead atoms. The number of ketones is 2. The number of Topliss-reactive ketones (excluding diaryl/α,β-unsaturated/α-hetero) is 2. The van der Waals surface area contributed by atoms with Crippen molar-refractivity contribution in [2.24, 2.45) is 34.5 Å². The SMILES string of the molecule is CC1CC(C(O)C(=O)NO)C(=O)C(C(C(=O)C(C)(C)C)C(C)(C)C)C1. The molecular weight excluding hydrogens is 322 g/mol. The van der Waals surface area contributed by atoms with Gasteiger partial charge >= 0.3 is 0 Å². The third kappa shape index (κ3) is 4.88. The van der Waals surface area contributed by atoms with E-state index < -0.39 is 40.6 Å². The molecule has 6 heteroatoms. The maximum atomic E-state index is 13.1. The first-order chi connectivity index (χ1) is 11.2. The van der Waals surface area contributed by atoms with E-state index in [1.807, 2.05) is 48.5 Å². The highest BCUT2D eigenvalue weighted by Gasteiger charge is 2.50. The van der Waals surface area contributed by atoms with Gasteiger partial charge < -0.3 is 5.11 Å². The average Bonchev–Trinajstić information content (AvgIpc) is 2.46. The van der Waals surface area contributed by atoms with Gasteiger partial charge in [-0.2, -0.15) is 0 Å². The Hall–Kier alpha value is -1.27. The Morgan fingerprint density at radius 3 is 1.96 bits per heavy atom. The average molecular weight is 355 g/mol. The molecule has 6 nitrogen and oxygen atoms in total. The molecule has 1 aliphatic rings. The lowest BCUT2D eigenvalue weighted by Gasteiger charge is -2.43. The topological polar surface area (TPSA) is 104 Å². The van der Waals surface area contributed by atoms with Crippen LogP contribution in [0.2, 0.25) is 0 Å². The van der Waals surface area contributed by atoms with Gasteiger partial charge in [0.15, 0.2) is 0 Å². The van der Waals surface area contributed by atoms with E-state index in [-0.39, 0.29) is 17.5 Å². The Labute approximate surface area is 150 Å². The smallest absolute Gasteiger partial charge is 0.272 e. The van der Waals surface area contributed by atoms with Gasteiger partial charge in [0.25, 0.3) is 5.91 Å². The minimum Gasteiger partial charge on any atom is -0.382 e. The number of hydroxylamine groups is 1. The van der Waals surface area contributed by atoms with E-state index in [4.69, 9.17) is 5.21 Å². The maximum Gasteiger partial charge on any atom is 0.272 e. The van der Waals surface area contributed by atoms with Crippen LogP contribution in [0.4, 0.5) is 0 Å². The Morgan fingerprint density at radius 2 is 1.56 bits per heavy atom. The van der Waals surface area contributed by atoms with Crippen LogP contribution < -0.4 is 5.48 Å². The summed E-state index contributed by atoms with van der Waals surface area (Å²) >= 11 is 0. The molecule has 0 heterocycles. The fraction of sp³-hybridized carbons (Fsp3) is 0.842. The number of carbonyl (C=O) groups excluding carboxylic acids is 3. The van der Waals surface area contributed by atoms with Gasteiger partial charge in [-0.05, 0) is 24.2 Å². The van der Waals surface area contributed by atoms with Crippen LogP contribution in [0.25, 0.3) is 0 Å². The van der Waals surface area contributed by atoms with Crippen LogP contribution in [-0.2, 0) is 14.4 Å². The van der Waals surface area contributed by atoms with Crippen molar-refractivity contribution >= 4 is 17.5 Å². The lowest BCUT2D eigenvalue weighted by atomic mass is 9.59. The van der Waals surface area contributed by atoms with Gasteiger partial charge in [0.2, 0.25) is 0 Å². The lowest BCUT2D eigenvalue weighted by Crippen LogP contribution is -2.51. The number of amides is 1. The van der Waals surface area contributed by atoms with Gasteiger partial charge in [0.05, 0.1) is 5.92 Å². The fourth-order valence-electron chi connectivity index (χ4n) is 3.95. The molecule has 5 atom stereocenters. The maximum absolute atomic E-state index is 13.1. The van der Waals surface area contributed by atoms with E-state index in [2.05, 4.69) is 0 Å². The van der Waals surface area contributed by atoms with Crippen LogP contribution in [0.1, 0.15) is 61.3 Å². The Bertz CT molecular complexity index is 529. The van der Waals surface area contributed by atoms with Crippen LogP contribution in [0.5, 0.6) is 0 Å². The first kappa shape index (κ1) is 21.8. The molecule has 0 aromatic rings. The summed E-state index contributed by atoms with van der Waals surface area (Å²) in [5.41, 5.74) is 0.403. The monoisotopic (exact) mass is 355 g/mol. The highest BCUT2D eigenvalue weighted by Crippen LogP contribution is 2.45. The number of rotatable bonds is 4. The number of carbonyl (C=O) groups is 3. The molecule has 144 valence electrons. The summed E-state index contributed by atoms with van der Waals surface area (Å²) in [6.45, 7) is 13.3. The second kappa shape index (κ2) is 7.54. The highest BCUT2D eigenvalue weighted by molar-refractivity contribution is 5.96. The van der Waals surface area contributed by atoms with Crippen molar-refractivity contribution in [3.63, 3.8) is 0 Å². The van der Waals surface area contributed by atoms with E-state index in [0.717, 1.165) is 0 Å². The fourth-order valence-corrected chi connectivity index (χ4v) is 3.95. The lowest BCUT2D eigenvalue weighted by molar-refractivity contribution is -0.154. The van der Waals surface area contributed by atoms with Gasteiger partial charge in [-0.15, -0.1) is 0 Å². The van der Waals surface area contributed by atoms with Crippen molar-refractivity contribution in [2.75, 3.05) is 0 Å². The second-order valence-corrected chi connectivity index (χ2v) is 9.57. The minimum absolute atomic E-state index is 0.0206. The third-order valence-corrected chi connectivity index (χ3v) is 5.16. The largest absolute Gasteiger partial charge is 0.382 e. The van der Waals surface area contributed by atoms with Gasteiger partial charge in [0, 0.05) is 17.3 Å². The Kier molecular flexibility index (Phi) is 6.57. The summed E-state index contributed by atoms with van der Waals surface area (Å²) < 4.78 is 0. The van der Waals surface area contributed by atoms with Crippen LogP contribution >= 0.6 is 0 Å². The molecule has 0 aliphatic heterocycles. The number of aliphatic hydroxyl groups excluding tert-OH is 1. The molecule has 5 unspecified atom stereocenters. The van der Waals surface area contributed by atoms with E-state index in [9.17, 15) is 19.5 Å². The van der Waals surface area contributed by atoms with E-state index in [0.29, 0.717) is 12.8 Å². The third-order valence-electron chi connectivity index (χ3n) is 5.16. The van der Waals surface area contributed by atoms with Crippen LogP contribution in [0, 0.1) is 34.5 Å². The van der Waals surface area contributed by atoms with Crippen LogP contribution in [0.15, 0.2) is 0 Å². The number of hydrogen-bond donors (Lipinski definition) is 3. The highest BCUT2D eigenvalue weighted by atomic mass is 16.5. The molecule has 1 saturated carbocycles. The zero-order valence-corrected chi connectivity index (χ0v) is 16.4. The standard InChI is InChI=1S/C19H33NO5/c1-10-8-11(13(18(2,3)4)16(23)19(5,6)7)14(21)12(9-10)15(22)17(24)20-25/h10-13,15,22,25H,8-9H2,1-7H3,(H,20,24). The van der Waals surface area contributed by atoms with Crippen molar-refractivity contribution in [1.29, 1.82) is 0 Å². The molecule has 3 N–H and O–H groups in total. The molecule has 25 heavy (non-hydrogen) atoms. The Morgan fingerprint density at radius 1 is 1.08 bits per heavy atom. The molecule has 0 saturated heterocycles. The minimum atomic E-state index is -1.60. The molecular formula is C19H33NO5. The van der Waals surface area contributed by atoms with Crippen LogP contribution in [-0.4, -0.2) is 33.9 Å². The van der Waals surface area contributed by atoms with Crippen molar-refractivity contribution in [3.8, 4) is 0 Å². The first-order valence-corrected chi connectivity index (χ1v) is 8.91. The second-order valence-electron chi connectivity index (χ2n) is 9.57. The molecule has 0 spiro atoms. The van der Waals surface area contributed by atoms with Crippen molar-refractivity contribution < 1.29 is 24.7 Å². The van der Waals surface area contributed by atoms with Gasteiger partial charge in [-0.1, -0.05) is 48.5 Å². The van der Waals surface area contributed by atoms with Crippen molar-refractivity contribution in [1.82, 2.24) is 5.48 Å². The number of nitrogens with one attached hydrogen (secondary N) is 1. The summed E-state index contributed by atoms with van der Waals surface area (Å²) in [4.78, 5) is 37.8. The molecule has 1 rings (SSSR count). The zero-order chi connectivity index (χ0) is 19.7.